The first-order valence-corrected chi connectivity index (χ1v) is 5.39. The number of hydrogen-bond donors (Lipinski definition) is 1. The molecule has 0 bridgehead atoms. The zero-order chi connectivity index (χ0) is 8.04. The van der Waals surface area contributed by atoms with Gasteiger partial charge in [-0.25, -0.2) is 0 Å². The van der Waals surface area contributed by atoms with Gasteiger partial charge < -0.3 is 10.2 Å². The maximum Gasteiger partial charge on any atom is 0.161 e. The Labute approximate surface area is 66.1 Å². The molecule has 0 aliphatic rings. The normalized spacial score (nSPS) is 13.2. The summed E-state index contributed by atoms with van der Waals surface area (Å²) in [6.07, 6.45) is 1.21. The molecular formula is C7H19NOSi. The quantitative estimate of drug-likeness (QED) is 0.471. The summed E-state index contributed by atoms with van der Waals surface area (Å²) in [5.41, 5.74) is 5.89. The van der Waals surface area contributed by atoms with Crippen LogP contribution in [0.5, 0.6) is 0 Å². The highest BCUT2D eigenvalue weighted by Gasteiger charge is 2.14. The fourth-order valence-electron chi connectivity index (χ4n) is 0.797. The third-order valence-electron chi connectivity index (χ3n) is 1.75. The highest BCUT2D eigenvalue weighted by atomic mass is 28.2. The lowest BCUT2D eigenvalue weighted by molar-refractivity contribution is 0.354. The summed E-state index contributed by atoms with van der Waals surface area (Å²) in [4.78, 5) is 0. The van der Waals surface area contributed by atoms with Gasteiger partial charge in [-0.2, -0.15) is 0 Å². The van der Waals surface area contributed by atoms with Gasteiger partial charge in [-0.1, -0.05) is 13.8 Å². The van der Waals surface area contributed by atoms with Crippen molar-refractivity contribution in [1.82, 2.24) is 0 Å². The van der Waals surface area contributed by atoms with Crippen LogP contribution in [0.2, 0.25) is 6.04 Å². The summed E-state index contributed by atoms with van der Waals surface area (Å²) >= 11 is 0. The summed E-state index contributed by atoms with van der Waals surface area (Å²) in [7, 11) is 1.57. The molecule has 62 valence electrons. The van der Waals surface area contributed by atoms with E-state index in [1.165, 1.54) is 12.5 Å². The molecule has 0 aromatic carbocycles. The van der Waals surface area contributed by atoms with E-state index >= 15 is 0 Å². The molecule has 0 aromatic heterocycles. The predicted octanol–water partition coefficient (Wildman–Crippen LogP) is 0.510. The first-order chi connectivity index (χ1) is 4.62. The van der Waals surface area contributed by atoms with Crippen LogP contribution in [0.15, 0.2) is 0 Å². The Morgan fingerprint density at radius 2 is 2.10 bits per heavy atom. The Morgan fingerprint density at radius 1 is 1.50 bits per heavy atom. The maximum atomic E-state index is 5.56. The van der Waals surface area contributed by atoms with Crippen molar-refractivity contribution in [2.24, 2.45) is 11.1 Å². The Bertz CT molecular complexity index is 85.7. The van der Waals surface area contributed by atoms with E-state index in [1.807, 2.05) is 0 Å². The summed E-state index contributed by atoms with van der Waals surface area (Å²) in [6.45, 7) is 5.19. The molecule has 0 rings (SSSR count). The molecule has 0 aliphatic heterocycles. The number of rotatable bonds is 5. The van der Waals surface area contributed by atoms with Gasteiger partial charge in [0.25, 0.3) is 0 Å². The van der Waals surface area contributed by atoms with Crippen LogP contribution in [0.3, 0.4) is 0 Å². The first-order valence-electron chi connectivity index (χ1n) is 3.81. The largest absolute Gasteiger partial charge is 0.427 e. The van der Waals surface area contributed by atoms with Crippen LogP contribution in [-0.4, -0.2) is 23.4 Å². The molecule has 0 amide bonds. The van der Waals surface area contributed by atoms with Gasteiger partial charge in [-0.15, -0.1) is 0 Å². The van der Waals surface area contributed by atoms with Crippen LogP contribution in [0.4, 0.5) is 0 Å². The van der Waals surface area contributed by atoms with E-state index in [-0.39, 0.29) is 9.76 Å². The number of hydrogen-bond acceptors (Lipinski definition) is 2. The smallest absolute Gasteiger partial charge is 0.161 e. The lowest BCUT2D eigenvalue weighted by Crippen LogP contribution is -2.23. The first kappa shape index (κ1) is 10.1. The molecule has 0 aliphatic carbocycles. The van der Waals surface area contributed by atoms with Gasteiger partial charge in [0.05, 0.1) is 0 Å². The van der Waals surface area contributed by atoms with Gasteiger partial charge in [0.15, 0.2) is 9.76 Å². The van der Waals surface area contributed by atoms with Crippen LogP contribution >= 0.6 is 0 Å². The Hall–Kier alpha value is 0.137. The van der Waals surface area contributed by atoms with Crippen molar-refractivity contribution in [3.63, 3.8) is 0 Å². The zero-order valence-corrected chi connectivity index (χ0v) is 8.73. The molecule has 0 aromatic rings. The highest BCUT2D eigenvalue weighted by molar-refractivity contribution is 6.26. The summed E-state index contributed by atoms with van der Waals surface area (Å²) in [6, 6.07) is 1.25. The maximum absolute atomic E-state index is 5.56. The van der Waals surface area contributed by atoms with Crippen LogP contribution < -0.4 is 5.73 Å². The third-order valence-corrected chi connectivity index (χ3v) is 2.81. The monoisotopic (exact) mass is 161 g/mol. The van der Waals surface area contributed by atoms with Crippen molar-refractivity contribution in [3.05, 3.63) is 0 Å². The summed E-state index contributed by atoms with van der Waals surface area (Å²) in [5.74, 6) is 0. The van der Waals surface area contributed by atoms with Crippen molar-refractivity contribution in [3.8, 4) is 0 Å². The van der Waals surface area contributed by atoms with E-state index < -0.39 is 0 Å². The standard InChI is InChI=1S/C7H19NOSi/c1-7(2,6-8)4-5-10-9-3/h4-6,8,10H2,1-3H3. The molecule has 0 unspecified atom stereocenters. The second-order valence-corrected chi connectivity index (χ2v) is 5.16. The zero-order valence-electron chi connectivity index (χ0n) is 7.31. The molecule has 0 fully saturated rings. The van der Waals surface area contributed by atoms with Crippen LogP contribution in [0.25, 0.3) is 0 Å². The molecule has 2 nitrogen and oxygen atoms in total. The van der Waals surface area contributed by atoms with Crippen molar-refractivity contribution in [2.75, 3.05) is 13.7 Å². The minimum Gasteiger partial charge on any atom is -0.427 e. The van der Waals surface area contributed by atoms with E-state index in [9.17, 15) is 0 Å². The second-order valence-electron chi connectivity index (χ2n) is 3.46. The highest BCUT2D eigenvalue weighted by Crippen LogP contribution is 2.19. The van der Waals surface area contributed by atoms with Crippen LogP contribution in [0.1, 0.15) is 20.3 Å². The van der Waals surface area contributed by atoms with E-state index in [4.69, 9.17) is 10.2 Å². The van der Waals surface area contributed by atoms with Crippen molar-refractivity contribution >= 4 is 9.76 Å². The van der Waals surface area contributed by atoms with E-state index in [1.54, 1.807) is 7.11 Å². The second kappa shape index (κ2) is 4.88. The summed E-state index contributed by atoms with van der Waals surface area (Å²) < 4.78 is 5.08. The average molecular weight is 161 g/mol. The predicted molar refractivity (Wildman–Crippen MR) is 47.8 cm³/mol. The minimum atomic E-state index is -0.223. The van der Waals surface area contributed by atoms with Crippen LogP contribution in [-0.2, 0) is 4.43 Å². The molecular weight excluding hydrogens is 142 g/mol. The fourth-order valence-corrected chi connectivity index (χ4v) is 2.19. The lowest BCUT2D eigenvalue weighted by Gasteiger charge is -2.21. The molecule has 0 saturated carbocycles. The van der Waals surface area contributed by atoms with E-state index in [0.29, 0.717) is 5.41 Å². The lowest BCUT2D eigenvalue weighted by atomic mass is 9.91. The molecule has 10 heavy (non-hydrogen) atoms. The van der Waals surface area contributed by atoms with Gasteiger partial charge in [0.2, 0.25) is 0 Å². The Morgan fingerprint density at radius 3 is 2.50 bits per heavy atom. The topological polar surface area (TPSA) is 35.2 Å². The van der Waals surface area contributed by atoms with E-state index in [0.717, 1.165) is 6.54 Å². The van der Waals surface area contributed by atoms with Gasteiger partial charge in [-0.05, 0) is 24.4 Å². The van der Waals surface area contributed by atoms with Gasteiger partial charge in [-0.3, -0.25) is 0 Å². The molecule has 0 spiro atoms. The van der Waals surface area contributed by atoms with Gasteiger partial charge >= 0.3 is 0 Å². The Balaban J connectivity index is 3.28. The minimum absolute atomic E-state index is 0.223. The SMILES string of the molecule is CO[SiH2]CCC(C)(C)CN. The van der Waals surface area contributed by atoms with Crippen molar-refractivity contribution in [2.45, 2.75) is 26.3 Å². The van der Waals surface area contributed by atoms with Crippen LogP contribution in [0, 0.1) is 5.41 Å². The van der Waals surface area contributed by atoms with E-state index in [2.05, 4.69) is 13.8 Å². The molecule has 2 N–H and O–H groups in total. The third kappa shape index (κ3) is 4.96. The molecule has 0 saturated heterocycles. The molecule has 3 heteroatoms. The van der Waals surface area contributed by atoms with Gasteiger partial charge in [0.1, 0.15) is 0 Å². The average Bonchev–Trinajstić information content (AvgIpc) is 1.89. The Kier molecular flexibility index (Phi) is 4.94. The van der Waals surface area contributed by atoms with Crippen molar-refractivity contribution in [1.29, 1.82) is 0 Å². The summed E-state index contributed by atoms with van der Waals surface area (Å²) in [5, 5.41) is 0. The van der Waals surface area contributed by atoms with Gasteiger partial charge in [0, 0.05) is 7.11 Å². The number of nitrogens with two attached hydrogens (primary N) is 1. The molecule has 0 radical (unpaired) electrons. The molecule has 0 heterocycles. The van der Waals surface area contributed by atoms with Crippen molar-refractivity contribution < 1.29 is 4.43 Å². The fraction of sp³-hybridized carbons (Fsp3) is 1.00. The molecule has 0 atom stereocenters.